The minimum absolute atomic E-state index is 0.128. The number of benzene rings is 1. The van der Waals surface area contributed by atoms with Crippen LogP contribution in [0.1, 0.15) is 56.6 Å². The zero-order valence-corrected chi connectivity index (χ0v) is 17.9. The number of aromatic nitrogens is 1. The molecule has 2 aromatic rings. The lowest BCUT2D eigenvalue weighted by atomic mass is 9.97. The maximum Gasteiger partial charge on any atom is 0.303 e. The van der Waals surface area contributed by atoms with Gasteiger partial charge in [0.15, 0.2) is 0 Å². The highest BCUT2D eigenvalue weighted by Crippen LogP contribution is 2.28. The van der Waals surface area contributed by atoms with E-state index < -0.39 is 5.97 Å². The van der Waals surface area contributed by atoms with Gasteiger partial charge in [0.05, 0.1) is 0 Å². The van der Waals surface area contributed by atoms with Gasteiger partial charge in [-0.3, -0.25) is 9.78 Å². The van der Waals surface area contributed by atoms with Crippen LogP contribution < -0.4 is 10.6 Å². The normalized spacial score (nSPS) is 11.7. The predicted molar refractivity (Wildman–Crippen MR) is 123 cm³/mol. The zero-order valence-electron chi connectivity index (χ0n) is 17.9. The Morgan fingerprint density at radius 1 is 1.26 bits per heavy atom. The SMILES string of the molecule is CCCCCN(C(N)=NC#N)c1cccc(/C(=C\CCCC(=O)O)c2cccnc2)c1. The van der Waals surface area contributed by atoms with E-state index in [4.69, 9.17) is 16.1 Å². The van der Waals surface area contributed by atoms with Gasteiger partial charge in [0, 0.05) is 36.6 Å². The molecule has 0 fully saturated rings. The number of nitrogens with two attached hydrogens (primary N) is 1. The van der Waals surface area contributed by atoms with Crippen molar-refractivity contribution in [3.63, 3.8) is 0 Å². The Morgan fingerprint density at radius 3 is 2.74 bits per heavy atom. The molecule has 7 nitrogen and oxygen atoms in total. The highest BCUT2D eigenvalue weighted by Gasteiger charge is 2.13. The smallest absolute Gasteiger partial charge is 0.303 e. The van der Waals surface area contributed by atoms with Gasteiger partial charge in [-0.15, -0.1) is 4.99 Å². The van der Waals surface area contributed by atoms with Crippen LogP contribution in [0, 0.1) is 11.5 Å². The first-order valence-electron chi connectivity index (χ1n) is 10.5. The first-order valence-corrected chi connectivity index (χ1v) is 10.5. The third-order valence-corrected chi connectivity index (χ3v) is 4.81. The monoisotopic (exact) mass is 419 g/mol. The fourth-order valence-electron chi connectivity index (χ4n) is 3.27. The number of hydrogen-bond donors (Lipinski definition) is 2. The van der Waals surface area contributed by atoms with E-state index >= 15 is 0 Å². The van der Waals surface area contributed by atoms with E-state index in [1.54, 1.807) is 18.6 Å². The molecule has 0 aliphatic carbocycles. The summed E-state index contributed by atoms with van der Waals surface area (Å²) in [5.41, 5.74) is 9.82. The fourth-order valence-corrected chi connectivity index (χ4v) is 3.27. The van der Waals surface area contributed by atoms with Crippen molar-refractivity contribution >= 4 is 23.2 Å². The van der Waals surface area contributed by atoms with Crippen LogP contribution in [0.5, 0.6) is 0 Å². The summed E-state index contributed by atoms with van der Waals surface area (Å²) in [6, 6.07) is 11.8. The molecule has 0 radical (unpaired) electrons. The summed E-state index contributed by atoms with van der Waals surface area (Å²) < 4.78 is 0. The first-order chi connectivity index (χ1) is 15.1. The van der Waals surface area contributed by atoms with E-state index in [-0.39, 0.29) is 12.4 Å². The van der Waals surface area contributed by atoms with E-state index in [9.17, 15) is 4.79 Å². The van der Waals surface area contributed by atoms with Crippen LogP contribution in [0.25, 0.3) is 5.57 Å². The number of carboxylic acid groups (broad SMARTS) is 1. The Hall–Kier alpha value is -3.66. The summed E-state index contributed by atoms with van der Waals surface area (Å²) >= 11 is 0. The van der Waals surface area contributed by atoms with Gasteiger partial charge in [-0.2, -0.15) is 5.26 Å². The summed E-state index contributed by atoms with van der Waals surface area (Å²) in [5.74, 6) is -0.627. The van der Waals surface area contributed by atoms with Crippen molar-refractivity contribution in [3.8, 4) is 6.19 Å². The lowest BCUT2D eigenvalue weighted by molar-refractivity contribution is -0.137. The first kappa shape index (κ1) is 23.6. The number of aliphatic carboxylic acids is 1. The minimum Gasteiger partial charge on any atom is -0.481 e. The van der Waals surface area contributed by atoms with Crippen molar-refractivity contribution in [2.24, 2.45) is 10.7 Å². The molecule has 0 amide bonds. The quantitative estimate of drug-likeness (QED) is 0.239. The Labute approximate surface area is 183 Å². The molecule has 7 heteroatoms. The number of unbranched alkanes of at least 4 members (excludes halogenated alkanes) is 3. The van der Waals surface area contributed by atoms with Gasteiger partial charge in [0.2, 0.25) is 12.2 Å². The Morgan fingerprint density at radius 2 is 2.06 bits per heavy atom. The molecular formula is C24H29N5O2. The average molecular weight is 420 g/mol. The number of carboxylic acids is 1. The molecule has 162 valence electrons. The van der Waals surface area contributed by atoms with Crippen molar-refractivity contribution in [2.45, 2.75) is 45.4 Å². The van der Waals surface area contributed by atoms with Gasteiger partial charge >= 0.3 is 5.97 Å². The molecule has 0 aliphatic rings. The number of rotatable bonds is 11. The van der Waals surface area contributed by atoms with Crippen molar-refractivity contribution in [3.05, 3.63) is 66.0 Å². The van der Waals surface area contributed by atoms with Crippen LogP contribution >= 0.6 is 0 Å². The largest absolute Gasteiger partial charge is 0.481 e. The van der Waals surface area contributed by atoms with Gasteiger partial charge in [-0.1, -0.05) is 44.0 Å². The summed E-state index contributed by atoms with van der Waals surface area (Å²) in [4.78, 5) is 20.7. The summed E-state index contributed by atoms with van der Waals surface area (Å²) in [6.45, 7) is 2.80. The molecular weight excluding hydrogens is 390 g/mol. The Balaban J connectivity index is 2.40. The van der Waals surface area contributed by atoms with Gasteiger partial charge in [-0.05, 0) is 48.6 Å². The summed E-state index contributed by atoms with van der Waals surface area (Å²) in [5, 5.41) is 17.9. The molecule has 0 saturated carbocycles. The number of anilines is 1. The van der Waals surface area contributed by atoms with E-state index in [0.717, 1.165) is 41.6 Å². The second-order valence-corrected chi connectivity index (χ2v) is 7.12. The molecule has 0 atom stereocenters. The lowest BCUT2D eigenvalue weighted by Crippen LogP contribution is -2.38. The van der Waals surface area contributed by atoms with Gasteiger partial charge in [-0.25, -0.2) is 0 Å². The van der Waals surface area contributed by atoms with Gasteiger partial charge in [0.25, 0.3) is 0 Å². The van der Waals surface area contributed by atoms with E-state index in [1.807, 2.05) is 47.4 Å². The summed E-state index contributed by atoms with van der Waals surface area (Å²) in [6.07, 6.45) is 11.7. The van der Waals surface area contributed by atoms with Crippen LogP contribution in [0.4, 0.5) is 5.69 Å². The molecule has 1 heterocycles. The topological polar surface area (TPSA) is 116 Å². The van der Waals surface area contributed by atoms with Crippen LogP contribution in [-0.4, -0.2) is 28.6 Å². The molecule has 31 heavy (non-hydrogen) atoms. The maximum atomic E-state index is 10.8. The molecule has 1 aromatic heterocycles. The maximum absolute atomic E-state index is 10.8. The molecule has 1 aromatic carbocycles. The molecule has 0 saturated heterocycles. The molecule has 2 rings (SSSR count). The number of nitriles is 1. The third kappa shape index (κ3) is 7.59. The second-order valence-electron chi connectivity index (χ2n) is 7.12. The molecule has 3 N–H and O–H groups in total. The Bertz CT molecular complexity index is 948. The average Bonchev–Trinajstić information content (AvgIpc) is 2.77. The molecule has 0 bridgehead atoms. The van der Waals surface area contributed by atoms with Crippen LogP contribution in [0.3, 0.4) is 0 Å². The van der Waals surface area contributed by atoms with Crippen molar-refractivity contribution in [1.82, 2.24) is 4.98 Å². The number of allylic oxidation sites excluding steroid dienone is 1. The van der Waals surface area contributed by atoms with Crippen molar-refractivity contribution < 1.29 is 9.90 Å². The highest BCUT2D eigenvalue weighted by atomic mass is 16.4. The summed E-state index contributed by atoms with van der Waals surface area (Å²) in [7, 11) is 0. The second kappa shape index (κ2) is 12.8. The van der Waals surface area contributed by atoms with E-state index in [0.29, 0.717) is 19.4 Å². The Kier molecular flexibility index (Phi) is 9.76. The third-order valence-electron chi connectivity index (χ3n) is 4.81. The van der Waals surface area contributed by atoms with E-state index in [2.05, 4.69) is 16.9 Å². The highest BCUT2D eigenvalue weighted by molar-refractivity contribution is 5.96. The van der Waals surface area contributed by atoms with Gasteiger partial charge < -0.3 is 15.7 Å². The number of carbonyl (C=O) groups is 1. The van der Waals surface area contributed by atoms with Gasteiger partial charge in [0.1, 0.15) is 0 Å². The standard InChI is InChI=1S/C24H29N5O2/c1-2-3-6-15-29(24(26)28-18-25)21-11-7-9-19(16-21)22(12-4-5-13-23(30)31)20-10-8-14-27-17-20/h7-12,14,16-17H,2-6,13,15H2,1H3,(H2,26,28)(H,30,31)/b22-12+. The molecule has 0 unspecified atom stereocenters. The predicted octanol–water partition coefficient (Wildman–Crippen LogP) is 4.56. The van der Waals surface area contributed by atoms with E-state index in [1.165, 1.54) is 0 Å². The lowest BCUT2D eigenvalue weighted by Gasteiger charge is -2.24. The number of guanidine groups is 1. The minimum atomic E-state index is -0.798. The molecule has 0 aliphatic heterocycles. The fraction of sp³-hybridized carbons (Fsp3) is 0.333. The van der Waals surface area contributed by atoms with Crippen LogP contribution in [0.2, 0.25) is 0 Å². The van der Waals surface area contributed by atoms with Crippen molar-refractivity contribution in [1.29, 1.82) is 5.26 Å². The zero-order chi connectivity index (χ0) is 22.5. The number of aliphatic imine (C=N–C) groups is 1. The molecule has 0 spiro atoms. The number of hydrogen-bond acceptors (Lipinski definition) is 4. The van der Waals surface area contributed by atoms with Crippen LogP contribution in [0.15, 0.2) is 59.9 Å². The van der Waals surface area contributed by atoms with Crippen molar-refractivity contribution in [2.75, 3.05) is 11.4 Å². The number of pyridine rings is 1. The van der Waals surface area contributed by atoms with Crippen LogP contribution in [-0.2, 0) is 4.79 Å². The number of nitrogens with zero attached hydrogens (tertiary/aromatic N) is 4.